The van der Waals surface area contributed by atoms with Crippen LogP contribution >= 0.6 is 12.2 Å². The molecular formula is C14H16N2OS. The molecule has 2 N–H and O–H groups in total. The van der Waals surface area contributed by atoms with E-state index >= 15 is 0 Å². The summed E-state index contributed by atoms with van der Waals surface area (Å²) in [6.45, 7) is 1.64. The Kier molecular flexibility index (Phi) is 4.12. The normalized spacial score (nSPS) is 10.8. The molecule has 2 aromatic rings. The molecule has 0 amide bonds. The highest BCUT2D eigenvalue weighted by Gasteiger charge is 2.08. The van der Waals surface area contributed by atoms with Crippen molar-refractivity contribution in [2.45, 2.75) is 13.1 Å². The lowest BCUT2D eigenvalue weighted by Gasteiger charge is -2.17. The number of nitrogens with zero attached hydrogens (tertiary/aromatic N) is 1. The van der Waals surface area contributed by atoms with Gasteiger partial charge in [-0.3, -0.25) is 4.90 Å². The Hall–Kier alpha value is -1.65. The average molecular weight is 260 g/mol. The number of rotatable bonds is 5. The van der Waals surface area contributed by atoms with Crippen LogP contribution in [0.2, 0.25) is 0 Å². The van der Waals surface area contributed by atoms with Crippen LogP contribution in [0.3, 0.4) is 0 Å². The Morgan fingerprint density at radius 3 is 2.72 bits per heavy atom. The molecule has 1 aromatic carbocycles. The second kappa shape index (κ2) is 5.80. The van der Waals surface area contributed by atoms with Crippen molar-refractivity contribution >= 4 is 17.2 Å². The summed E-state index contributed by atoms with van der Waals surface area (Å²) < 4.78 is 5.06. The molecule has 0 radical (unpaired) electrons. The van der Waals surface area contributed by atoms with E-state index in [1.807, 2.05) is 24.3 Å². The topological polar surface area (TPSA) is 42.4 Å². The fourth-order valence-corrected chi connectivity index (χ4v) is 2.14. The van der Waals surface area contributed by atoms with E-state index in [9.17, 15) is 0 Å². The summed E-state index contributed by atoms with van der Waals surface area (Å²) in [4.78, 5) is 2.64. The Labute approximate surface area is 112 Å². The standard InChI is InChI=1S/C14H16N2OS/c1-16(8-11-6-7-17-10-11)9-12-4-2-3-5-13(12)14(15)18/h2-7,10H,8-9H2,1H3,(H2,15,18). The van der Waals surface area contributed by atoms with Gasteiger partial charge in [0.25, 0.3) is 0 Å². The summed E-state index contributed by atoms with van der Waals surface area (Å²) in [7, 11) is 2.06. The monoisotopic (exact) mass is 260 g/mol. The van der Waals surface area contributed by atoms with Gasteiger partial charge in [-0.25, -0.2) is 0 Å². The lowest BCUT2D eigenvalue weighted by atomic mass is 10.1. The van der Waals surface area contributed by atoms with Crippen LogP contribution in [0, 0.1) is 0 Å². The molecule has 0 fully saturated rings. The quantitative estimate of drug-likeness (QED) is 0.839. The van der Waals surface area contributed by atoms with Crippen molar-refractivity contribution in [3.05, 3.63) is 59.5 Å². The molecule has 0 aliphatic rings. The van der Waals surface area contributed by atoms with Crippen LogP contribution in [-0.4, -0.2) is 16.9 Å². The second-order valence-electron chi connectivity index (χ2n) is 4.33. The first-order valence-electron chi connectivity index (χ1n) is 5.74. The Morgan fingerprint density at radius 1 is 1.28 bits per heavy atom. The summed E-state index contributed by atoms with van der Waals surface area (Å²) in [5.41, 5.74) is 8.98. The zero-order valence-corrected chi connectivity index (χ0v) is 11.1. The number of benzene rings is 1. The number of nitrogens with two attached hydrogens (primary N) is 1. The van der Waals surface area contributed by atoms with E-state index in [0.29, 0.717) is 4.99 Å². The van der Waals surface area contributed by atoms with Crippen LogP contribution in [0.25, 0.3) is 0 Å². The van der Waals surface area contributed by atoms with E-state index in [4.69, 9.17) is 22.4 Å². The van der Waals surface area contributed by atoms with E-state index in [0.717, 1.165) is 29.8 Å². The molecule has 0 saturated carbocycles. The van der Waals surface area contributed by atoms with Crippen LogP contribution in [0.1, 0.15) is 16.7 Å². The van der Waals surface area contributed by atoms with Gasteiger partial charge in [0.1, 0.15) is 4.99 Å². The molecule has 0 bridgehead atoms. The van der Waals surface area contributed by atoms with E-state index in [1.54, 1.807) is 12.5 Å². The van der Waals surface area contributed by atoms with Gasteiger partial charge in [-0.05, 0) is 18.7 Å². The highest BCUT2D eigenvalue weighted by Crippen LogP contribution is 2.13. The molecule has 0 aliphatic carbocycles. The van der Waals surface area contributed by atoms with Crippen molar-refractivity contribution in [1.29, 1.82) is 0 Å². The number of hydrogen-bond acceptors (Lipinski definition) is 3. The Bertz CT molecular complexity index is 522. The van der Waals surface area contributed by atoms with Crippen LogP contribution in [0.4, 0.5) is 0 Å². The number of hydrogen-bond donors (Lipinski definition) is 1. The maximum atomic E-state index is 5.72. The summed E-state index contributed by atoms with van der Waals surface area (Å²) >= 11 is 5.06. The van der Waals surface area contributed by atoms with Crippen molar-refractivity contribution in [1.82, 2.24) is 4.90 Å². The third-order valence-corrected chi connectivity index (χ3v) is 2.98. The molecule has 0 spiro atoms. The van der Waals surface area contributed by atoms with Crippen LogP contribution in [0.15, 0.2) is 47.3 Å². The minimum Gasteiger partial charge on any atom is -0.472 e. The van der Waals surface area contributed by atoms with Gasteiger partial charge in [0, 0.05) is 24.2 Å². The van der Waals surface area contributed by atoms with Crippen molar-refractivity contribution in [3.63, 3.8) is 0 Å². The smallest absolute Gasteiger partial charge is 0.104 e. The highest BCUT2D eigenvalue weighted by molar-refractivity contribution is 7.80. The fraction of sp³-hybridized carbons (Fsp3) is 0.214. The number of furan rings is 1. The van der Waals surface area contributed by atoms with Gasteiger partial charge < -0.3 is 10.2 Å². The van der Waals surface area contributed by atoms with Crippen LogP contribution in [0.5, 0.6) is 0 Å². The van der Waals surface area contributed by atoms with Gasteiger partial charge in [-0.15, -0.1) is 0 Å². The summed E-state index contributed by atoms with van der Waals surface area (Å²) in [5.74, 6) is 0. The Balaban J connectivity index is 2.07. The molecule has 1 heterocycles. The predicted octanol–water partition coefficient (Wildman–Crippen LogP) is 2.55. The molecule has 2 rings (SSSR count). The molecule has 3 nitrogen and oxygen atoms in total. The van der Waals surface area contributed by atoms with Crippen molar-refractivity contribution < 1.29 is 4.42 Å². The van der Waals surface area contributed by atoms with E-state index in [1.165, 1.54) is 0 Å². The molecule has 1 aromatic heterocycles. The largest absolute Gasteiger partial charge is 0.472 e. The van der Waals surface area contributed by atoms with Crippen molar-refractivity contribution in [2.75, 3.05) is 7.05 Å². The summed E-state index contributed by atoms with van der Waals surface area (Å²) in [5, 5.41) is 0. The summed E-state index contributed by atoms with van der Waals surface area (Å²) in [6.07, 6.45) is 3.45. The Morgan fingerprint density at radius 2 is 2.06 bits per heavy atom. The molecule has 0 aliphatic heterocycles. The lowest BCUT2D eigenvalue weighted by molar-refractivity contribution is 0.317. The molecule has 0 unspecified atom stereocenters. The van der Waals surface area contributed by atoms with E-state index < -0.39 is 0 Å². The summed E-state index contributed by atoms with van der Waals surface area (Å²) in [6, 6.07) is 9.94. The van der Waals surface area contributed by atoms with Gasteiger partial charge in [0.05, 0.1) is 12.5 Å². The zero-order chi connectivity index (χ0) is 13.0. The van der Waals surface area contributed by atoms with Gasteiger partial charge in [0.2, 0.25) is 0 Å². The fourth-order valence-electron chi connectivity index (χ4n) is 1.94. The van der Waals surface area contributed by atoms with Crippen molar-refractivity contribution in [3.8, 4) is 0 Å². The molecule has 18 heavy (non-hydrogen) atoms. The van der Waals surface area contributed by atoms with E-state index in [-0.39, 0.29) is 0 Å². The lowest BCUT2D eigenvalue weighted by Crippen LogP contribution is -2.20. The first-order chi connectivity index (χ1) is 8.66. The molecule has 4 heteroatoms. The maximum Gasteiger partial charge on any atom is 0.104 e. The molecule has 0 atom stereocenters. The first kappa shape index (κ1) is 12.8. The van der Waals surface area contributed by atoms with Crippen LogP contribution in [-0.2, 0) is 13.1 Å². The molecule has 94 valence electrons. The van der Waals surface area contributed by atoms with Gasteiger partial charge >= 0.3 is 0 Å². The maximum absolute atomic E-state index is 5.72. The van der Waals surface area contributed by atoms with Gasteiger partial charge in [-0.1, -0.05) is 36.5 Å². The molecule has 0 saturated heterocycles. The zero-order valence-electron chi connectivity index (χ0n) is 10.3. The first-order valence-corrected chi connectivity index (χ1v) is 6.15. The predicted molar refractivity (Wildman–Crippen MR) is 76.2 cm³/mol. The minimum atomic E-state index is 0.447. The average Bonchev–Trinajstić information content (AvgIpc) is 2.82. The minimum absolute atomic E-state index is 0.447. The molecular weight excluding hydrogens is 244 g/mol. The SMILES string of the molecule is CN(Cc1ccoc1)Cc1ccccc1C(N)=S. The third kappa shape index (κ3) is 3.18. The number of thiocarbonyl (C=S) groups is 1. The van der Waals surface area contributed by atoms with Crippen LogP contribution < -0.4 is 5.73 Å². The second-order valence-corrected chi connectivity index (χ2v) is 4.77. The van der Waals surface area contributed by atoms with E-state index in [2.05, 4.69) is 18.0 Å². The third-order valence-electron chi connectivity index (χ3n) is 2.76. The van der Waals surface area contributed by atoms with Gasteiger partial charge in [0.15, 0.2) is 0 Å². The highest BCUT2D eigenvalue weighted by atomic mass is 32.1. The van der Waals surface area contributed by atoms with Crippen molar-refractivity contribution in [2.24, 2.45) is 5.73 Å². The van der Waals surface area contributed by atoms with Gasteiger partial charge in [-0.2, -0.15) is 0 Å².